The highest BCUT2D eigenvalue weighted by Crippen LogP contribution is 1.99. The van der Waals surface area contributed by atoms with Crippen LogP contribution in [-0.4, -0.2) is 25.7 Å². The Morgan fingerprint density at radius 3 is 2.42 bits per heavy atom. The van der Waals surface area contributed by atoms with Crippen molar-refractivity contribution in [2.75, 3.05) is 13.3 Å². The number of hydrogen-bond donors (Lipinski definition) is 0. The van der Waals surface area contributed by atoms with Crippen molar-refractivity contribution in [1.82, 2.24) is 0 Å². The van der Waals surface area contributed by atoms with Gasteiger partial charge in [0.05, 0.1) is 13.3 Å². The van der Waals surface area contributed by atoms with Crippen LogP contribution in [-0.2, 0) is 9.53 Å². The number of hydrogen-bond acceptors (Lipinski definition) is 2. The lowest BCUT2D eigenvalue weighted by molar-refractivity contribution is -0.156. The number of esters is 1. The predicted octanol–water partition coefficient (Wildman–Crippen LogP) is 1.93. The largest absolute Gasteiger partial charge is 0.461 e. The summed E-state index contributed by atoms with van der Waals surface area (Å²) in [6.45, 7) is -0.480. The van der Waals surface area contributed by atoms with Crippen LogP contribution in [0.4, 0.5) is 13.2 Å². The van der Waals surface area contributed by atoms with Crippen LogP contribution in [0.25, 0.3) is 0 Å². The third-order valence-electron chi connectivity index (χ3n) is 1.20. The standard InChI is InChI=1S/C7H11F3O2/c8-4-2-1-3-5-12-7(11)6(9)10/h6H,1-5H2. The Balaban J connectivity index is 3.14. The molecule has 2 nitrogen and oxygen atoms in total. The molecule has 0 spiro atoms. The lowest BCUT2D eigenvalue weighted by atomic mass is 10.3. The number of carbonyl (C=O) groups is 1. The van der Waals surface area contributed by atoms with Gasteiger partial charge in [-0.2, -0.15) is 8.78 Å². The minimum Gasteiger partial charge on any atom is -0.461 e. The molecule has 0 saturated heterocycles. The molecule has 0 N–H and O–H groups in total. The van der Waals surface area contributed by atoms with E-state index in [0.717, 1.165) is 0 Å². The fourth-order valence-electron chi connectivity index (χ4n) is 0.609. The van der Waals surface area contributed by atoms with Crippen molar-refractivity contribution in [3.05, 3.63) is 0 Å². The van der Waals surface area contributed by atoms with Gasteiger partial charge in [0, 0.05) is 0 Å². The molecule has 0 aromatic heterocycles. The maximum Gasteiger partial charge on any atom is 0.373 e. The molecule has 0 bridgehead atoms. The molecule has 0 aliphatic carbocycles. The number of halogens is 3. The fraction of sp³-hybridized carbons (Fsp3) is 0.857. The molecular formula is C7H11F3O2. The smallest absolute Gasteiger partial charge is 0.373 e. The number of ether oxygens (including phenoxy) is 1. The SMILES string of the molecule is O=C(OCCCCCF)C(F)F. The molecule has 0 unspecified atom stereocenters. The van der Waals surface area contributed by atoms with Gasteiger partial charge in [-0.25, -0.2) is 4.79 Å². The monoisotopic (exact) mass is 184 g/mol. The molecule has 0 aliphatic heterocycles. The van der Waals surface area contributed by atoms with Gasteiger partial charge >= 0.3 is 12.4 Å². The highest BCUT2D eigenvalue weighted by atomic mass is 19.3. The van der Waals surface area contributed by atoms with E-state index >= 15 is 0 Å². The Bertz CT molecular complexity index is 128. The molecule has 72 valence electrons. The lowest BCUT2D eigenvalue weighted by Gasteiger charge is -2.02. The highest BCUT2D eigenvalue weighted by Gasteiger charge is 2.15. The van der Waals surface area contributed by atoms with Gasteiger partial charge in [-0.15, -0.1) is 0 Å². The second-order valence-corrected chi connectivity index (χ2v) is 2.22. The fourth-order valence-corrected chi connectivity index (χ4v) is 0.609. The summed E-state index contributed by atoms with van der Waals surface area (Å²) in [6, 6.07) is 0. The van der Waals surface area contributed by atoms with Gasteiger partial charge in [0.1, 0.15) is 0 Å². The third-order valence-corrected chi connectivity index (χ3v) is 1.20. The van der Waals surface area contributed by atoms with E-state index in [-0.39, 0.29) is 6.61 Å². The molecule has 0 radical (unpaired) electrons. The van der Waals surface area contributed by atoms with Crippen LogP contribution < -0.4 is 0 Å². The Labute approximate surface area is 68.7 Å². The average Bonchev–Trinajstić information content (AvgIpc) is 2.03. The van der Waals surface area contributed by atoms with Gasteiger partial charge < -0.3 is 4.74 Å². The van der Waals surface area contributed by atoms with E-state index in [1.165, 1.54) is 0 Å². The molecular weight excluding hydrogens is 173 g/mol. The molecule has 0 saturated carbocycles. The first kappa shape index (κ1) is 11.3. The van der Waals surface area contributed by atoms with E-state index in [1.807, 2.05) is 0 Å². The van der Waals surface area contributed by atoms with E-state index in [1.54, 1.807) is 0 Å². The van der Waals surface area contributed by atoms with Gasteiger partial charge in [0.25, 0.3) is 0 Å². The zero-order chi connectivity index (χ0) is 9.40. The molecule has 0 amide bonds. The van der Waals surface area contributed by atoms with Gasteiger partial charge in [-0.05, 0) is 19.3 Å². The number of alkyl halides is 3. The maximum absolute atomic E-state index is 11.5. The van der Waals surface area contributed by atoms with Crippen LogP contribution in [0.5, 0.6) is 0 Å². The first-order chi connectivity index (χ1) is 5.68. The minimum atomic E-state index is -3.06. The second kappa shape index (κ2) is 6.94. The molecule has 0 aliphatic rings. The first-order valence-electron chi connectivity index (χ1n) is 3.69. The summed E-state index contributed by atoms with van der Waals surface area (Å²) in [5, 5.41) is 0. The normalized spacial score (nSPS) is 10.3. The lowest BCUT2D eigenvalue weighted by Crippen LogP contribution is -2.14. The van der Waals surface area contributed by atoms with Crippen molar-refractivity contribution in [3.8, 4) is 0 Å². The average molecular weight is 184 g/mol. The minimum absolute atomic E-state index is 0.0524. The number of carbonyl (C=O) groups excluding carboxylic acids is 1. The predicted molar refractivity (Wildman–Crippen MR) is 36.8 cm³/mol. The van der Waals surface area contributed by atoms with Gasteiger partial charge in [0.15, 0.2) is 0 Å². The Kier molecular flexibility index (Phi) is 6.51. The highest BCUT2D eigenvalue weighted by molar-refractivity contribution is 5.72. The van der Waals surface area contributed by atoms with Crippen molar-refractivity contribution in [2.45, 2.75) is 25.7 Å². The molecule has 5 heteroatoms. The summed E-state index contributed by atoms with van der Waals surface area (Å²) >= 11 is 0. The van der Waals surface area contributed by atoms with E-state index in [0.29, 0.717) is 19.3 Å². The van der Waals surface area contributed by atoms with Gasteiger partial charge in [-0.1, -0.05) is 0 Å². The van der Waals surface area contributed by atoms with Crippen molar-refractivity contribution in [2.24, 2.45) is 0 Å². The summed E-state index contributed by atoms with van der Waals surface area (Å²) < 4.78 is 38.6. The molecule has 0 heterocycles. The van der Waals surface area contributed by atoms with Gasteiger partial charge in [0.2, 0.25) is 0 Å². The summed E-state index contributed by atoms with van der Waals surface area (Å²) in [6.07, 6.45) is -1.70. The van der Waals surface area contributed by atoms with Crippen molar-refractivity contribution in [3.63, 3.8) is 0 Å². The zero-order valence-corrected chi connectivity index (χ0v) is 6.56. The molecule has 12 heavy (non-hydrogen) atoms. The van der Waals surface area contributed by atoms with Crippen molar-refractivity contribution < 1.29 is 22.7 Å². The third kappa shape index (κ3) is 6.00. The maximum atomic E-state index is 11.5. The van der Waals surface area contributed by atoms with Crippen LogP contribution >= 0.6 is 0 Å². The van der Waals surface area contributed by atoms with E-state index in [9.17, 15) is 18.0 Å². The topological polar surface area (TPSA) is 26.3 Å². The summed E-state index contributed by atoms with van der Waals surface area (Å²) in [7, 11) is 0. The van der Waals surface area contributed by atoms with Gasteiger partial charge in [-0.3, -0.25) is 4.39 Å². The van der Waals surface area contributed by atoms with Crippen LogP contribution in [0.2, 0.25) is 0 Å². The number of rotatable bonds is 6. The Morgan fingerprint density at radius 1 is 1.25 bits per heavy atom. The summed E-state index contributed by atoms with van der Waals surface area (Å²) in [5.41, 5.74) is 0. The van der Waals surface area contributed by atoms with Crippen LogP contribution in [0.3, 0.4) is 0 Å². The zero-order valence-electron chi connectivity index (χ0n) is 6.56. The quantitative estimate of drug-likeness (QED) is 0.465. The first-order valence-corrected chi connectivity index (χ1v) is 3.69. The Morgan fingerprint density at radius 2 is 1.92 bits per heavy atom. The van der Waals surface area contributed by atoms with Crippen LogP contribution in [0.15, 0.2) is 0 Å². The second-order valence-electron chi connectivity index (χ2n) is 2.22. The number of unbranched alkanes of at least 4 members (excludes halogenated alkanes) is 2. The summed E-state index contributed by atoms with van der Waals surface area (Å²) in [4.78, 5) is 10.1. The molecule has 0 atom stereocenters. The van der Waals surface area contributed by atoms with E-state index in [2.05, 4.69) is 4.74 Å². The summed E-state index contributed by atoms with van der Waals surface area (Å²) in [5.74, 6) is -1.50. The molecule has 0 rings (SSSR count). The Hall–Kier alpha value is -0.740. The molecule has 0 aromatic rings. The van der Waals surface area contributed by atoms with E-state index < -0.39 is 19.1 Å². The molecule has 0 aromatic carbocycles. The molecule has 0 fully saturated rings. The van der Waals surface area contributed by atoms with Crippen LogP contribution in [0, 0.1) is 0 Å². The van der Waals surface area contributed by atoms with E-state index in [4.69, 9.17) is 0 Å². The van der Waals surface area contributed by atoms with Crippen LogP contribution in [0.1, 0.15) is 19.3 Å². The van der Waals surface area contributed by atoms with Crippen molar-refractivity contribution in [1.29, 1.82) is 0 Å². The van der Waals surface area contributed by atoms with Crippen molar-refractivity contribution >= 4 is 5.97 Å².